The summed E-state index contributed by atoms with van der Waals surface area (Å²) in [5.41, 5.74) is 3.75. The maximum atomic E-state index is 11.3. The number of nitrogens with two attached hydrogens (primary N) is 1. The van der Waals surface area contributed by atoms with Gasteiger partial charge in [-0.1, -0.05) is 22.0 Å². The first kappa shape index (κ1) is 14.5. The number of rotatable bonds is 6. The quantitative estimate of drug-likeness (QED) is 0.323. The molecule has 1 aromatic carbocycles. The normalized spacial score (nSPS) is 10.3. The van der Waals surface area contributed by atoms with Crippen LogP contribution in [0.25, 0.3) is 0 Å². The Bertz CT molecular complexity index is 388. The highest BCUT2D eigenvalue weighted by molar-refractivity contribution is 9.10. The lowest BCUT2D eigenvalue weighted by atomic mass is 10.1. The van der Waals surface area contributed by atoms with E-state index in [1.54, 1.807) is 23.9 Å². The highest BCUT2D eigenvalue weighted by Crippen LogP contribution is 2.23. The molecule has 0 heterocycles. The fraction of sp³-hybridized carbons (Fsp3) is 0.364. The van der Waals surface area contributed by atoms with E-state index in [-0.39, 0.29) is 12.5 Å². The Morgan fingerprint density at radius 2 is 2.29 bits per heavy atom. The topological polar surface area (TPSA) is 75.3 Å². The molecule has 0 aliphatic rings. The number of carbonyl (C=O) groups excluding carboxylic acids is 1. The lowest BCUT2D eigenvalue weighted by Gasteiger charge is -2.06. The molecular formula is C11H15BrN2O2S. The highest BCUT2D eigenvalue weighted by Gasteiger charge is 2.06. The molecule has 6 heteroatoms. The summed E-state index contributed by atoms with van der Waals surface area (Å²) in [6.07, 6.45) is 0.802. The fourth-order valence-corrected chi connectivity index (χ4v) is 2.89. The molecule has 0 saturated heterocycles. The number of thioether (sulfide) groups is 1. The summed E-state index contributed by atoms with van der Waals surface area (Å²) in [6.45, 7) is 0.226. The predicted octanol–water partition coefficient (Wildman–Crippen LogP) is 1.67. The number of hydrazine groups is 1. The van der Waals surface area contributed by atoms with Gasteiger partial charge < -0.3 is 5.11 Å². The molecule has 0 atom stereocenters. The molecule has 17 heavy (non-hydrogen) atoms. The van der Waals surface area contributed by atoms with E-state index in [2.05, 4.69) is 21.4 Å². The first-order chi connectivity index (χ1) is 8.19. The molecule has 0 aliphatic carbocycles. The van der Waals surface area contributed by atoms with E-state index < -0.39 is 0 Å². The minimum atomic E-state index is -0.301. The van der Waals surface area contributed by atoms with Crippen LogP contribution in [0, 0.1) is 0 Å². The van der Waals surface area contributed by atoms with Crippen LogP contribution in [0.5, 0.6) is 0 Å². The van der Waals surface area contributed by atoms with Gasteiger partial charge in [0.1, 0.15) is 0 Å². The number of hydrogen-bond acceptors (Lipinski definition) is 4. The van der Waals surface area contributed by atoms with Crippen LogP contribution in [0.4, 0.5) is 0 Å². The van der Waals surface area contributed by atoms with E-state index >= 15 is 0 Å². The SMILES string of the molecule is NNC(=O)c1ccc(CSCCCO)c(Br)c1. The van der Waals surface area contributed by atoms with Gasteiger partial charge in [0.05, 0.1) is 0 Å². The van der Waals surface area contributed by atoms with Gasteiger partial charge in [0.2, 0.25) is 0 Å². The second-order valence-corrected chi connectivity index (χ2v) is 5.37. The van der Waals surface area contributed by atoms with Gasteiger partial charge in [0, 0.05) is 22.4 Å². The molecule has 4 N–H and O–H groups in total. The van der Waals surface area contributed by atoms with E-state index in [9.17, 15) is 4.79 Å². The molecular weight excluding hydrogens is 304 g/mol. The average molecular weight is 319 g/mol. The van der Waals surface area contributed by atoms with Crippen molar-refractivity contribution in [2.24, 2.45) is 5.84 Å². The smallest absolute Gasteiger partial charge is 0.265 e. The lowest BCUT2D eigenvalue weighted by molar-refractivity contribution is 0.0953. The van der Waals surface area contributed by atoms with Crippen molar-refractivity contribution in [1.29, 1.82) is 0 Å². The summed E-state index contributed by atoms with van der Waals surface area (Å²) >= 11 is 5.18. The van der Waals surface area contributed by atoms with Gasteiger partial charge in [0.15, 0.2) is 0 Å². The van der Waals surface area contributed by atoms with Crippen molar-refractivity contribution in [2.45, 2.75) is 12.2 Å². The Hall–Kier alpha value is -0.560. The summed E-state index contributed by atoms with van der Waals surface area (Å²) in [7, 11) is 0. The summed E-state index contributed by atoms with van der Waals surface area (Å²) in [6, 6.07) is 5.40. The van der Waals surface area contributed by atoms with Crippen LogP contribution in [-0.4, -0.2) is 23.4 Å². The van der Waals surface area contributed by atoms with Gasteiger partial charge in [0.25, 0.3) is 5.91 Å². The van der Waals surface area contributed by atoms with E-state index in [0.717, 1.165) is 28.0 Å². The molecule has 1 amide bonds. The van der Waals surface area contributed by atoms with Gasteiger partial charge in [-0.3, -0.25) is 10.2 Å². The Morgan fingerprint density at radius 1 is 1.53 bits per heavy atom. The minimum Gasteiger partial charge on any atom is -0.396 e. The van der Waals surface area contributed by atoms with Gasteiger partial charge in [-0.05, 0) is 29.9 Å². The summed E-state index contributed by atoms with van der Waals surface area (Å²) in [4.78, 5) is 11.3. The van der Waals surface area contributed by atoms with Gasteiger partial charge in [-0.15, -0.1) is 0 Å². The van der Waals surface area contributed by atoms with Crippen molar-refractivity contribution in [2.75, 3.05) is 12.4 Å². The third kappa shape index (κ3) is 4.67. The van der Waals surface area contributed by atoms with Gasteiger partial charge in [-0.2, -0.15) is 11.8 Å². The van der Waals surface area contributed by atoms with Crippen molar-refractivity contribution in [1.82, 2.24) is 5.43 Å². The molecule has 94 valence electrons. The third-order valence-corrected chi connectivity index (χ3v) is 3.98. The Balaban J connectivity index is 2.60. The van der Waals surface area contributed by atoms with Crippen LogP contribution in [0.15, 0.2) is 22.7 Å². The summed E-state index contributed by atoms with van der Waals surface area (Å²) in [5, 5.41) is 8.66. The van der Waals surface area contributed by atoms with E-state index in [4.69, 9.17) is 10.9 Å². The van der Waals surface area contributed by atoms with Crippen LogP contribution in [0.3, 0.4) is 0 Å². The van der Waals surface area contributed by atoms with E-state index in [0.29, 0.717) is 5.56 Å². The second kappa shape index (κ2) is 7.71. The molecule has 4 nitrogen and oxygen atoms in total. The maximum absolute atomic E-state index is 11.3. The minimum absolute atomic E-state index is 0.226. The number of aliphatic hydroxyl groups is 1. The van der Waals surface area contributed by atoms with Crippen LogP contribution in [-0.2, 0) is 5.75 Å². The zero-order valence-corrected chi connectivity index (χ0v) is 11.7. The first-order valence-electron chi connectivity index (χ1n) is 5.17. The molecule has 0 unspecified atom stereocenters. The van der Waals surface area contributed by atoms with Crippen molar-refractivity contribution >= 4 is 33.6 Å². The number of hydrogen-bond donors (Lipinski definition) is 3. The maximum Gasteiger partial charge on any atom is 0.265 e. The molecule has 0 aliphatic heterocycles. The molecule has 0 radical (unpaired) electrons. The zero-order chi connectivity index (χ0) is 12.7. The zero-order valence-electron chi connectivity index (χ0n) is 9.28. The van der Waals surface area contributed by atoms with E-state index in [1.807, 2.05) is 6.07 Å². The van der Waals surface area contributed by atoms with Crippen molar-refractivity contribution < 1.29 is 9.90 Å². The Kier molecular flexibility index (Phi) is 6.57. The van der Waals surface area contributed by atoms with Crippen LogP contribution in [0.2, 0.25) is 0 Å². The highest BCUT2D eigenvalue weighted by atomic mass is 79.9. The molecule has 1 aromatic rings. The van der Waals surface area contributed by atoms with Crippen molar-refractivity contribution in [3.63, 3.8) is 0 Å². The summed E-state index contributed by atoms with van der Waals surface area (Å²) < 4.78 is 0.898. The fourth-order valence-electron chi connectivity index (χ4n) is 1.24. The number of halogens is 1. The number of carbonyl (C=O) groups is 1. The van der Waals surface area contributed by atoms with Gasteiger partial charge >= 0.3 is 0 Å². The van der Waals surface area contributed by atoms with Crippen LogP contribution in [0.1, 0.15) is 22.3 Å². The number of nitrogens with one attached hydrogen (secondary N) is 1. The standard InChI is InChI=1S/C11H15BrN2O2S/c12-10-6-8(11(16)14-13)2-3-9(10)7-17-5-1-4-15/h2-3,6,15H,1,4-5,7,13H2,(H,14,16). The second-order valence-electron chi connectivity index (χ2n) is 3.41. The number of benzene rings is 1. The Labute approximate surface area is 113 Å². The van der Waals surface area contributed by atoms with E-state index in [1.165, 1.54) is 0 Å². The summed E-state index contributed by atoms with van der Waals surface area (Å²) in [5.74, 6) is 6.54. The van der Waals surface area contributed by atoms with Crippen molar-refractivity contribution in [3.05, 3.63) is 33.8 Å². The van der Waals surface area contributed by atoms with Crippen LogP contribution < -0.4 is 11.3 Å². The molecule has 0 fully saturated rings. The van der Waals surface area contributed by atoms with Crippen molar-refractivity contribution in [3.8, 4) is 0 Å². The largest absolute Gasteiger partial charge is 0.396 e. The Morgan fingerprint density at radius 3 is 2.88 bits per heavy atom. The van der Waals surface area contributed by atoms with Gasteiger partial charge in [-0.25, -0.2) is 5.84 Å². The number of amides is 1. The monoisotopic (exact) mass is 318 g/mol. The molecule has 0 aromatic heterocycles. The molecule has 0 bridgehead atoms. The van der Waals surface area contributed by atoms with Crippen LogP contribution >= 0.6 is 27.7 Å². The average Bonchev–Trinajstić information content (AvgIpc) is 2.35. The molecule has 0 saturated carbocycles. The first-order valence-corrected chi connectivity index (χ1v) is 7.11. The number of aliphatic hydroxyl groups excluding tert-OH is 1. The number of nitrogen functional groups attached to an aromatic ring is 1. The third-order valence-electron chi connectivity index (χ3n) is 2.15. The predicted molar refractivity (Wildman–Crippen MR) is 73.7 cm³/mol. The lowest BCUT2D eigenvalue weighted by Crippen LogP contribution is -2.29. The molecule has 0 spiro atoms. The molecule has 1 rings (SSSR count).